The Morgan fingerprint density at radius 1 is 1.11 bits per heavy atom. The lowest BCUT2D eigenvalue weighted by Crippen LogP contribution is -2.56. The first-order valence-electron chi connectivity index (χ1n) is 15.6. The number of piperazine rings is 1. The second-order valence-electron chi connectivity index (χ2n) is 12.9. The van der Waals surface area contributed by atoms with E-state index < -0.39 is 11.4 Å². The highest BCUT2D eigenvalue weighted by molar-refractivity contribution is 6.32. The van der Waals surface area contributed by atoms with Crippen LogP contribution in [0.15, 0.2) is 42.5 Å². The molecule has 0 spiro atoms. The fourth-order valence-corrected chi connectivity index (χ4v) is 7.05. The maximum absolute atomic E-state index is 17.4. The third-order valence-electron chi connectivity index (χ3n) is 8.69. The van der Waals surface area contributed by atoms with Crippen LogP contribution in [0.2, 0.25) is 5.15 Å². The summed E-state index contributed by atoms with van der Waals surface area (Å²) in [5.74, 6) is 0.331. The number of rotatable bonds is 7. The van der Waals surface area contributed by atoms with Crippen molar-refractivity contribution in [1.29, 1.82) is 10.5 Å². The van der Waals surface area contributed by atoms with Crippen molar-refractivity contribution in [2.45, 2.75) is 64.1 Å². The van der Waals surface area contributed by atoms with Gasteiger partial charge in [-0.2, -0.15) is 10.5 Å². The number of pyridine rings is 1. The first kappa shape index (κ1) is 32.3. The number of methoxy groups -OCH3 is 1. The van der Waals surface area contributed by atoms with E-state index in [9.17, 15) is 15.3 Å². The van der Waals surface area contributed by atoms with Gasteiger partial charge in [0.05, 0.1) is 6.07 Å². The quantitative estimate of drug-likeness (QED) is 0.147. The molecule has 2 fully saturated rings. The number of aromatic nitrogens is 1. The van der Waals surface area contributed by atoms with Crippen LogP contribution in [0.1, 0.15) is 51.2 Å². The number of fused-ring (bicyclic) bond motifs is 4. The second kappa shape index (κ2) is 12.9. The number of aryl methyl sites for hydroxylation is 1. The maximum atomic E-state index is 17.4. The lowest BCUT2D eigenvalue weighted by Gasteiger charge is -2.42. The molecule has 2 aliphatic rings. The number of hydrogen-bond donors (Lipinski definition) is 0. The molecule has 2 unspecified atom stereocenters. The zero-order chi connectivity index (χ0) is 33.5. The number of carbonyl (C=O) groups excluding carboxylic acids is 1. The summed E-state index contributed by atoms with van der Waals surface area (Å²) < 4.78 is 34.0. The number of ether oxygens (including phenoxy) is 3. The van der Waals surface area contributed by atoms with Crippen LogP contribution in [0, 0.1) is 28.5 Å². The zero-order valence-electron chi connectivity index (χ0n) is 26.8. The molecule has 0 saturated carbocycles. The van der Waals surface area contributed by atoms with Crippen LogP contribution in [-0.2, 0) is 15.9 Å². The topological polar surface area (TPSA) is 112 Å². The van der Waals surface area contributed by atoms with Crippen LogP contribution >= 0.6 is 11.6 Å². The molecule has 47 heavy (non-hydrogen) atoms. The third-order valence-corrected chi connectivity index (χ3v) is 8.97. The van der Waals surface area contributed by atoms with Gasteiger partial charge in [0.1, 0.15) is 39.8 Å². The summed E-state index contributed by atoms with van der Waals surface area (Å²) in [4.78, 5) is 21.5. The maximum Gasteiger partial charge on any atom is 0.410 e. The van der Waals surface area contributed by atoms with E-state index in [0.717, 1.165) is 23.6 Å². The first-order chi connectivity index (χ1) is 22.5. The van der Waals surface area contributed by atoms with E-state index in [1.165, 1.54) is 7.11 Å². The molecule has 242 valence electrons. The predicted molar refractivity (Wildman–Crippen MR) is 178 cm³/mol. The van der Waals surface area contributed by atoms with Gasteiger partial charge in [0.15, 0.2) is 6.79 Å². The standard InChI is InChI=1S/C36H35ClFN5O4/c1-36(2,3)47-35(44)42-18-23-11-12-24(19-42)43(23)34-28-15-22(9-7-13-39)30(32(38)31(28)29(17-40)33(37)41-34)27-16-25(46-20-45-4)14-21-8-5-6-10-26(21)27/h5-6,8,10,14-16,23-24H,7,9,11-12,18-20H2,1-4H3. The average Bonchev–Trinajstić information content (AvgIpc) is 3.29. The Balaban J connectivity index is 1.55. The van der Waals surface area contributed by atoms with Gasteiger partial charge in [0, 0.05) is 55.0 Å². The summed E-state index contributed by atoms with van der Waals surface area (Å²) in [6.07, 6.45) is 1.64. The van der Waals surface area contributed by atoms with E-state index in [0.29, 0.717) is 41.2 Å². The molecule has 4 aromatic rings. The van der Waals surface area contributed by atoms with Crippen molar-refractivity contribution >= 4 is 45.1 Å². The average molecular weight is 656 g/mol. The number of hydrogen-bond acceptors (Lipinski definition) is 8. The van der Waals surface area contributed by atoms with Gasteiger partial charge in [-0.1, -0.05) is 35.9 Å². The van der Waals surface area contributed by atoms with Crippen molar-refractivity contribution in [3.05, 3.63) is 64.6 Å². The Labute approximate surface area is 278 Å². The van der Waals surface area contributed by atoms with Gasteiger partial charge in [-0.05, 0) is 80.1 Å². The molecule has 2 atom stereocenters. The van der Waals surface area contributed by atoms with E-state index in [-0.39, 0.29) is 59.5 Å². The Hall–Kier alpha value is -4.64. The molecule has 2 aliphatic heterocycles. The number of nitriles is 2. The lowest BCUT2D eigenvalue weighted by molar-refractivity contribution is 0.0209. The molecule has 0 radical (unpaired) electrons. The van der Waals surface area contributed by atoms with Crippen molar-refractivity contribution in [3.8, 4) is 29.0 Å². The van der Waals surface area contributed by atoms with E-state index in [1.807, 2.05) is 57.2 Å². The summed E-state index contributed by atoms with van der Waals surface area (Å²) in [7, 11) is 1.52. The van der Waals surface area contributed by atoms with E-state index in [1.54, 1.807) is 11.0 Å². The Morgan fingerprint density at radius 2 is 1.83 bits per heavy atom. The molecule has 11 heteroatoms. The predicted octanol–water partition coefficient (Wildman–Crippen LogP) is 7.75. The number of nitrogens with zero attached hydrogens (tertiary/aromatic N) is 5. The minimum absolute atomic E-state index is 0.00597. The third kappa shape index (κ3) is 6.12. The van der Waals surface area contributed by atoms with Crippen LogP contribution in [-0.4, -0.2) is 60.7 Å². The molecule has 1 aromatic heterocycles. The minimum atomic E-state index is -0.624. The van der Waals surface area contributed by atoms with Gasteiger partial charge >= 0.3 is 6.09 Å². The largest absolute Gasteiger partial charge is 0.468 e. The van der Waals surface area contributed by atoms with Crippen LogP contribution in [0.4, 0.5) is 15.0 Å². The fraction of sp³-hybridized carbons (Fsp3) is 0.389. The Bertz CT molecular complexity index is 1950. The zero-order valence-corrected chi connectivity index (χ0v) is 27.5. The van der Waals surface area contributed by atoms with Crippen molar-refractivity contribution in [2.24, 2.45) is 0 Å². The van der Waals surface area contributed by atoms with E-state index >= 15 is 4.39 Å². The number of anilines is 1. The fourth-order valence-electron chi connectivity index (χ4n) is 6.84. The highest BCUT2D eigenvalue weighted by Gasteiger charge is 2.44. The van der Waals surface area contributed by atoms with Gasteiger partial charge < -0.3 is 24.0 Å². The van der Waals surface area contributed by atoms with Crippen LogP contribution in [0.25, 0.3) is 32.7 Å². The SMILES string of the molecule is COCOc1cc(-c2c(CCC#N)cc3c(N4C5CCC4CN(C(=O)OC(C)(C)C)C5)nc(Cl)c(C#N)c3c2F)c2ccccc2c1. The van der Waals surface area contributed by atoms with Crippen LogP contribution in [0.5, 0.6) is 5.75 Å². The molecular weight excluding hydrogens is 621 g/mol. The first-order valence-corrected chi connectivity index (χ1v) is 15.9. The van der Waals surface area contributed by atoms with Gasteiger partial charge in [0.2, 0.25) is 0 Å². The summed E-state index contributed by atoms with van der Waals surface area (Å²) >= 11 is 6.68. The van der Waals surface area contributed by atoms with Crippen molar-refractivity contribution in [1.82, 2.24) is 9.88 Å². The molecule has 6 rings (SSSR count). The highest BCUT2D eigenvalue weighted by atomic mass is 35.5. The van der Waals surface area contributed by atoms with Crippen molar-refractivity contribution in [2.75, 3.05) is 31.9 Å². The summed E-state index contributed by atoms with van der Waals surface area (Å²) in [6.45, 7) is 6.34. The molecule has 0 aliphatic carbocycles. The molecule has 3 aromatic carbocycles. The van der Waals surface area contributed by atoms with Crippen molar-refractivity contribution < 1.29 is 23.4 Å². The normalized spacial score (nSPS) is 17.5. The van der Waals surface area contributed by atoms with Gasteiger partial charge in [-0.15, -0.1) is 0 Å². The van der Waals surface area contributed by atoms with Gasteiger partial charge in [-0.25, -0.2) is 14.2 Å². The van der Waals surface area contributed by atoms with E-state index in [2.05, 4.69) is 17.0 Å². The Kier molecular flexibility index (Phi) is 8.84. The van der Waals surface area contributed by atoms with Crippen molar-refractivity contribution in [3.63, 3.8) is 0 Å². The monoisotopic (exact) mass is 655 g/mol. The molecule has 3 heterocycles. The number of likely N-dealkylation sites (tertiary alicyclic amines) is 1. The minimum Gasteiger partial charge on any atom is -0.468 e. The Morgan fingerprint density at radius 3 is 2.49 bits per heavy atom. The number of benzene rings is 3. The molecular formula is C36H35ClFN5O4. The summed E-state index contributed by atoms with van der Waals surface area (Å²) in [5.41, 5.74) is 0.744. The summed E-state index contributed by atoms with van der Waals surface area (Å²) in [5, 5.41) is 21.8. The van der Waals surface area contributed by atoms with Gasteiger partial charge in [-0.3, -0.25) is 0 Å². The van der Waals surface area contributed by atoms with E-state index in [4.69, 9.17) is 30.8 Å². The molecule has 2 saturated heterocycles. The smallest absolute Gasteiger partial charge is 0.410 e. The van der Waals surface area contributed by atoms with Crippen LogP contribution in [0.3, 0.4) is 0 Å². The lowest BCUT2D eigenvalue weighted by atomic mass is 9.88. The number of carbonyl (C=O) groups is 1. The van der Waals surface area contributed by atoms with Crippen LogP contribution < -0.4 is 9.64 Å². The highest BCUT2D eigenvalue weighted by Crippen LogP contribution is 2.45. The number of amides is 1. The molecule has 1 amide bonds. The summed E-state index contributed by atoms with van der Waals surface area (Å²) in [6, 6.07) is 17.1. The molecule has 0 N–H and O–H groups in total. The molecule has 2 bridgehead atoms. The van der Waals surface area contributed by atoms with Gasteiger partial charge in [0.25, 0.3) is 0 Å². The number of halogens is 2. The molecule has 9 nitrogen and oxygen atoms in total. The second-order valence-corrected chi connectivity index (χ2v) is 13.3.